The minimum absolute atomic E-state index is 0.0740. The summed E-state index contributed by atoms with van der Waals surface area (Å²) in [7, 11) is 1.90. The molecule has 1 atom stereocenters. The smallest absolute Gasteiger partial charge is 0.227 e. The predicted molar refractivity (Wildman–Crippen MR) is 111 cm³/mol. The van der Waals surface area contributed by atoms with Crippen molar-refractivity contribution < 1.29 is 9.59 Å². The van der Waals surface area contributed by atoms with Gasteiger partial charge in [0, 0.05) is 57.6 Å². The molecule has 0 N–H and O–H groups in total. The Bertz CT molecular complexity index is 721. The lowest BCUT2D eigenvalue weighted by atomic mass is 9.93. The molecule has 1 aliphatic carbocycles. The van der Waals surface area contributed by atoms with Crippen molar-refractivity contribution in [1.82, 2.24) is 24.3 Å². The maximum absolute atomic E-state index is 13.1. The van der Waals surface area contributed by atoms with Crippen molar-refractivity contribution in [3.8, 4) is 0 Å². The molecule has 1 aromatic rings. The first-order valence-electron chi connectivity index (χ1n) is 11.3. The van der Waals surface area contributed by atoms with Gasteiger partial charge in [0.15, 0.2) is 0 Å². The Hall–Kier alpha value is -1.89. The van der Waals surface area contributed by atoms with Crippen molar-refractivity contribution >= 4 is 11.8 Å². The first-order chi connectivity index (χ1) is 14.1. The molecular formula is C22H35N5O2. The molecule has 3 aliphatic rings. The van der Waals surface area contributed by atoms with E-state index in [0.717, 1.165) is 77.1 Å². The monoisotopic (exact) mass is 401 g/mol. The van der Waals surface area contributed by atoms with E-state index in [2.05, 4.69) is 26.3 Å². The van der Waals surface area contributed by atoms with Crippen LogP contribution in [0, 0.1) is 11.8 Å². The third-order valence-corrected chi connectivity index (χ3v) is 6.92. The van der Waals surface area contributed by atoms with Crippen LogP contribution in [0.1, 0.15) is 51.3 Å². The van der Waals surface area contributed by atoms with Gasteiger partial charge in [-0.2, -0.15) is 0 Å². The largest absolute Gasteiger partial charge is 0.342 e. The van der Waals surface area contributed by atoms with E-state index < -0.39 is 0 Å². The average molecular weight is 402 g/mol. The summed E-state index contributed by atoms with van der Waals surface area (Å²) in [6, 6.07) is 0.512. The molecule has 0 aromatic carbocycles. The van der Waals surface area contributed by atoms with Gasteiger partial charge in [-0.15, -0.1) is 0 Å². The summed E-state index contributed by atoms with van der Waals surface area (Å²) in [5, 5.41) is 0. The highest BCUT2D eigenvalue weighted by molar-refractivity contribution is 5.81. The van der Waals surface area contributed by atoms with E-state index in [1.165, 1.54) is 0 Å². The number of imidazole rings is 1. The molecule has 7 nitrogen and oxygen atoms in total. The molecule has 7 heteroatoms. The third-order valence-electron chi connectivity index (χ3n) is 6.92. The molecule has 0 radical (unpaired) electrons. The zero-order chi connectivity index (χ0) is 20.4. The van der Waals surface area contributed by atoms with Crippen LogP contribution in [0.4, 0.5) is 0 Å². The maximum atomic E-state index is 13.1. The summed E-state index contributed by atoms with van der Waals surface area (Å²) < 4.78 is 2.09. The lowest BCUT2D eigenvalue weighted by Gasteiger charge is -2.42. The van der Waals surface area contributed by atoms with Crippen molar-refractivity contribution in [3.63, 3.8) is 0 Å². The SMILES string of the molecule is CCn1ccnc1CN(C)C(=O)[C@@H]1CCCN(C2CCN(C(=O)C3CC3)CC2)C1. The molecule has 2 saturated heterocycles. The number of aromatic nitrogens is 2. The molecule has 2 aliphatic heterocycles. The maximum Gasteiger partial charge on any atom is 0.227 e. The van der Waals surface area contributed by atoms with Gasteiger partial charge in [-0.25, -0.2) is 4.98 Å². The van der Waals surface area contributed by atoms with Gasteiger partial charge in [0.1, 0.15) is 5.82 Å². The summed E-state index contributed by atoms with van der Waals surface area (Å²) in [5.74, 6) is 1.96. The fourth-order valence-corrected chi connectivity index (χ4v) is 4.96. The number of amides is 2. The Morgan fingerprint density at radius 2 is 1.86 bits per heavy atom. The molecule has 3 fully saturated rings. The second kappa shape index (κ2) is 8.86. The summed E-state index contributed by atoms with van der Waals surface area (Å²) in [6.45, 7) is 7.23. The van der Waals surface area contributed by atoms with E-state index in [9.17, 15) is 9.59 Å². The lowest BCUT2D eigenvalue weighted by Crippen LogP contribution is -2.51. The van der Waals surface area contributed by atoms with Gasteiger partial charge in [-0.3, -0.25) is 14.5 Å². The number of carbonyl (C=O) groups excluding carboxylic acids is 2. The van der Waals surface area contributed by atoms with Gasteiger partial charge < -0.3 is 14.4 Å². The molecule has 4 rings (SSSR count). The van der Waals surface area contributed by atoms with Crippen molar-refractivity contribution in [1.29, 1.82) is 0 Å². The highest BCUT2D eigenvalue weighted by atomic mass is 16.2. The number of aryl methyl sites for hydroxylation is 1. The zero-order valence-corrected chi connectivity index (χ0v) is 17.9. The average Bonchev–Trinajstić information content (AvgIpc) is 3.52. The van der Waals surface area contributed by atoms with Crippen molar-refractivity contribution in [3.05, 3.63) is 18.2 Å². The van der Waals surface area contributed by atoms with Crippen LogP contribution in [0.25, 0.3) is 0 Å². The normalized spacial score (nSPS) is 23.9. The molecule has 3 heterocycles. The summed E-state index contributed by atoms with van der Waals surface area (Å²) in [4.78, 5) is 36.2. The number of hydrogen-bond acceptors (Lipinski definition) is 4. The molecule has 1 saturated carbocycles. The van der Waals surface area contributed by atoms with Crippen LogP contribution >= 0.6 is 0 Å². The lowest BCUT2D eigenvalue weighted by molar-refractivity contribution is -0.137. The van der Waals surface area contributed by atoms with Crippen LogP contribution in [0.3, 0.4) is 0 Å². The standard InChI is InChI=1S/C22H35N5O2/c1-3-25-14-10-23-20(25)16-24(2)21(28)18-5-4-11-27(15-18)19-8-12-26(13-9-19)22(29)17-6-7-17/h10,14,17-19H,3-9,11-13,15-16H2,1-2H3/t18-/m1/s1. The van der Waals surface area contributed by atoms with E-state index in [-0.39, 0.29) is 11.8 Å². The van der Waals surface area contributed by atoms with Crippen LogP contribution in [0.5, 0.6) is 0 Å². The van der Waals surface area contributed by atoms with Crippen LogP contribution < -0.4 is 0 Å². The quantitative estimate of drug-likeness (QED) is 0.731. The molecular weight excluding hydrogens is 366 g/mol. The second-order valence-electron chi connectivity index (χ2n) is 8.99. The molecule has 29 heavy (non-hydrogen) atoms. The van der Waals surface area contributed by atoms with Gasteiger partial charge >= 0.3 is 0 Å². The molecule has 0 bridgehead atoms. The minimum atomic E-state index is 0.0740. The Morgan fingerprint density at radius 3 is 2.55 bits per heavy atom. The molecule has 160 valence electrons. The number of hydrogen-bond donors (Lipinski definition) is 0. The second-order valence-corrected chi connectivity index (χ2v) is 8.99. The van der Waals surface area contributed by atoms with E-state index in [1.54, 1.807) is 6.20 Å². The first-order valence-corrected chi connectivity index (χ1v) is 11.3. The van der Waals surface area contributed by atoms with Crippen molar-refractivity contribution in [2.45, 2.75) is 64.6 Å². The van der Waals surface area contributed by atoms with Gasteiger partial charge in [0.2, 0.25) is 11.8 Å². The number of carbonyl (C=O) groups is 2. The number of nitrogens with zero attached hydrogens (tertiary/aromatic N) is 5. The van der Waals surface area contributed by atoms with Gasteiger partial charge in [-0.1, -0.05) is 0 Å². The number of piperidine rings is 2. The Morgan fingerprint density at radius 1 is 1.10 bits per heavy atom. The molecule has 0 unspecified atom stereocenters. The van der Waals surface area contributed by atoms with Gasteiger partial charge in [0.25, 0.3) is 0 Å². The van der Waals surface area contributed by atoms with Crippen molar-refractivity contribution in [2.24, 2.45) is 11.8 Å². The van der Waals surface area contributed by atoms with E-state index >= 15 is 0 Å². The fourth-order valence-electron chi connectivity index (χ4n) is 4.96. The van der Waals surface area contributed by atoms with Gasteiger partial charge in [0.05, 0.1) is 12.5 Å². The van der Waals surface area contributed by atoms with Crippen LogP contribution in [0.2, 0.25) is 0 Å². The Balaban J connectivity index is 1.28. The van der Waals surface area contributed by atoms with Crippen LogP contribution in [0.15, 0.2) is 12.4 Å². The third kappa shape index (κ3) is 4.65. The van der Waals surface area contributed by atoms with E-state index in [0.29, 0.717) is 24.4 Å². The predicted octanol–water partition coefficient (Wildman–Crippen LogP) is 1.97. The summed E-state index contributed by atoms with van der Waals surface area (Å²) >= 11 is 0. The van der Waals surface area contributed by atoms with Gasteiger partial charge in [-0.05, 0) is 52.0 Å². The Labute approximate surface area is 174 Å². The highest BCUT2D eigenvalue weighted by Crippen LogP contribution is 2.32. The summed E-state index contributed by atoms with van der Waals surface area (Å²) in [6.07, 6.45) is 10.1. The molecule has 0 spiro atoms. The first kappa shape index (κ1) is 20.4. The zero-order valence-electron chi connectivity index (χ0n) is 17.9. The van der Waals surface area contributed by atoms with E-state index in [1.807, 2.05) is 18.1 Å². The van der Waals surface area contributed by atoms with Crippen LogP contribution in [-0.4, -0.2) is 75.3 Å². The fraction of sp³-hybridized carbons (Fsp3) is 0.773. The van der Waals surface area contributed by atoms with E-state index in [4.69, 9.17) is 0 Å². The Kier molecular flexibility index (Phi) is 6.23. The number of rotatable bonds is 6. The van der Waals surface area contributed by atoms with Crippen molar-refractivity contribution in [2.75, 3.05) is 33.2 Å². The topological polar surface area (TPSA) is 61.7 Å². The summed E-state index contributed by atoms with van der Waals surface area (Å²) in [5.41, 5.74) is 0. The number of likely N-dealkylation sites (tertiary alicyclic amines) is 2. The van der Waals surface area contributed by atoms with Crippen LogP contribution in [-0.2, 0) is 22.7 Å². The highest BCUT2D eigenvalue weighted by Gasteiger charge is 2.37. The molecule has 1 aromatic heterocycles. The molecule has 2 amide bonds. The minimum Gasteiger partial charge on any atom is -0.342 e.